The zero-order valence-electron chi connectivity index (χ0n) is 6.93. The first-order chi connectivity index (χ1) is 6.15. The van der Waals surface area contributed by atoms with Gasteiger partial charge in [0.2, 0.25) is 0 Å². The summed E-state index contributed by atoms with van der Waals surface area (Å²) in [6, 6.07) is 4.52. The molecule has 1 rings (SSSR count). The Bertz CT molecular complexity index is 291. The molecule has 4 heteroatoms. The van der Waals surface area contributed by atoms with E-state index in [4.69, 9.17) is 17.3 Å². The van der Waals surface area contributed by atoms with Crippen LogP contribution in [0.5, 0.6) is 0 Å². The summed E-state index contributed by atoms with van der Waals surface area (Å²) < 4.78 is 26.0. The summed E-state index contributed by atoms with van der Waals surface area (Å²) in [5, 5.41) is 0.0155. The van der Waals surface area contributed by atoms with Crippen molar-refractivity contribution >= 4 is 11.6 Å². The largest absolute Gasteiger partial charge is 0.328 e. The van der Waals surface area contributed by atoms with E-state index >= 15 is 0 Å². The quantitative estimate of drug-likeness (QED) is 0.805. The molecule has 0 amide bonds. The number of benzene rings is 1. The van der Waals surface area contributed by atoms with Crippen molar-refractivity contribution in [3.05, 3.63) is 34.6 Å². The van der Waals surface area contributed by atoms with Gasteiger partial charge in [-0.2, -0.15) is 0 Å². The van der Waals surface area contributed by atoms with E-state index in [9.17, 15) is 8.78 Å². The molecule has 0 aliphatic carbocycles. The third-order valence-electron chi connectivity index (χ3n) is 1.73. The Morgan fingerprint density at radius 1 is 1.46 bits per heavy atom. The van der Waals surface area contributed by atoms with Crippen LogP contribution in [0.1, 0.15) is 5.56 Å². The van der Waals surface area contributed by atoms with Crippen LogP contribution in [0.25, 0.3) is 0 Å². The summed E-state index contributed by atoms with van der Waals surface area (Å²) in [7, 11) is 0. The van der Waals surface area contributed by atoms with Crippen LogP contribution in [0.15, 0.2) is 18.2 Å². The molecule has 1 atom stereocenters. The second kappa shape index (κ2) is 4.53. The molecule has 0 spiro atoms. The van der Waals surface area contributed by atoms with Crippen molar-refractivity contribution < 1.29 is 8.78 Å². The molecular formula is C9H10ClF2N. The van der Waals surface area contributed by atoms with E-state index in [2.05, 4.69) is 0 Å². The van der Waals surface area contributed by atoms with Crippen molar-refractivity contribution in [3.63, 3.8) is 0 Å². The molecule has 0 saturated heterocycles. The van der Waals surface area contributed by atoms with Gasteiger partial charge >= 0.3 is 0 Å². The Morgan fingerprint density at radius 2 is 2.15 bits per heavy atom. The van der Waals surface area contributed by atoms with Gasteiger partial charge in [-0.3, -0.25) is 0 Å². The highest BCUT2D eigenvalue weighted by Gasteiger charge is 2.11. The van der Waals surface area contributed by atoms with Gasteiger partial charge in [0, 0.05) is 13.0 Å². The molecule has 1 unspecified atom stereocenters. The van der Waals surface area contributed by atoms with E-state index in [1.807, 2.05) is 0 Å². The summed E-state index contributed by atoms with van der Waals surface area (Å²) in [6.07, 6.45) is -1.24. The Hall–Kier alpha value is -0.670. The maximum atomic E-state index is 13.2. The Balaban J connectivity index is 2.83. The van der Waals surface area contributed by atoms with Crippen LogP contribution in [0, 0.1) is 5.82 Å². The zero-order chi connectivity index (χ0) is 9.84. The standard InChI is InChI=1S/C9H10ClF2N/c10-8-3-1-2-6(9(8)12)4-7(11)5-13/h1-3,7H,4-5,13H2. The molecule has 1 aromatic rings. The second-order valence-corrected chi connectivity index (χ2v) is 3.16. The van der Waals surface area contributed by atoms with E-state index in [1.165, 1.54) is 12.1 Å². The fourth-order valence-corrected chi connectivity index (χ4v) is 1.22. The van der Waals surface area contributed by atoms with E-state index in [-0.39, 0.29) is 23.6 Å². The Labute approximate surface area is 80.5 Å². The van der Waals surface area contributed by atoms with E-state index in [1.54, 1.807) is 6.07 Å². The predicted octanol–water partition coefficient (Wildman–Crippen LogP) is 2.32. The second-order valence-electron chi connectivity index (χ2n) is 2.75. The van der Waals surface area contributed by atoms with Gasteiger partial charge < -0.3 is 5.73 Å². The topological polar surface area (TPSA) is 26.0 Å². The number of alkyl halides is 1. The van der Waals surface area contributed by atoms with Crippen LogP contribution >= 0.6 is 11.6 Å². The van der Waals surface area contributed by atoms with Crippen molar-refractivity contribution in [2.24, 2.45) is 5.73 Å². The van der Waals surface area contributed by atoms with Crippen LogP contribution < -0.4 is 5.73 Å². The highest BCUT2D eigenvalue weighted by Crippen LogP contribution is 2.19. The van der Waals surface area contributed by atoms with Gasteiger partial charge in [-0.05, 0) is 11.6 Å². The fourth-order valence-electron chi connectivity index (χ4n) is 1.03. The number of hydrogen-bond donors (Lipinski definition) is 1. The van der Waals surface area contributed by atoms with Gasteiger partial charge in [0.1, 0.15) is 12.0 Å². The minimum atomic E-state index is -1.21. The minimum Gasteiger partial charge on any atom is -0.328 e. The molecule has 1 aromatic carbocycles. The molecular weight excluding hydrogens is 196 g/mol. The van der Waals surface area contributed by atoms with Crippen molar-refractivity contribution in [2.75, 3.05) is 6.54 Å². The van der Waals surface area contributed by atoms with E-state index < -0.39 is 12.0 Å². The van der Waals surface area contributed by atoms with Crippen molar-refractivity contribution in [3.8, 4) is 0 Å². The SMILES string of the molecule is NCC(F)Cc1cccc(Cl)c1F. The monoisotopic (exact) mass is 205 g/mol. The molecule has 13 heavy (non-hydrogen) atoms. The molecule has 2 N–H and O–H groups in total. The lowest BCUT2D eigenvalue weighted by molar-refractivity contribution is 0.337. The van der Waals surface area contributed by atoms with Gasteiger partial charge in [-0.15, -0.1) is 0 Å². The maximum Gasteiger partial charge on any atom is 0.145 e. The Kier molecular flexibility index (Phi) is 3.63. The highest BCUT2D eigenvalue weighted by molar-refractivity contribution is 6.30. The molecule has 0 bridgehead atoms. The molecule has 1 nitrogen and oxygen atoms in total. The van der Waals surface area contributed by atoms with Crippen molar-refractivity contribution in [1.29, 1.82) is 0 Å². The molecule has 72 valence electrons. The number of rotatable bonds is 3. The average Bonchev–Trinajstić information content (AvgIpc) is 2.13. The molecule has 0 saturated carbocycles. The van der Waals surface area contributed by atoms with Gasteiger partial charge in [-0.25, -0.2) is 8.78 Å². The lowest BCUT2D eigenvalue weighted by Crippen LogP contribution is -2.18. The van der Waals surface area contributed by atoms with Crippen LogP contribution in [-0.4, -0.2) is 12.7 Å². The highest BCUT2D eigenvalue weighted by atomic mass is 35.5. The van der Waals surface area contributed by atoms with Crippen LogP contribution in [-0.2, 0) is 6.42 Å². The van der Waals surface area contributed by atoms with Gasteiger partial charge in [0.05, 0.1) is 5.02 Å². The molecule has 0 aliphatic rings. The van der Waals surface area contributed by atoms with E-state index in [0.717, 1.165) is 0 Å². The van der Waals surface area contributed by atoms with Crippen LogP contribution in [0.3, 0.4) is 0 Å². The third kappa shape index (κ3) is 2.64. The van der Waals surface area contributed by atoms with Gasteiger partial charge in [0.15, 0.2) is 0 Å². The molecule has 0 heterocycles. The summed E-state index contributed by atoms with van der Waals surface area (Å²) >= 11 is 5.51. The fraction of sp³-hybridized carbons (Fsp3) is 0.333. The maximum absolute atomic E-state index is 13.2. The molecule has 0 fully saturated rings. The Morgan fingerprint density at radius 3 is 2.77 bits per heavy atom. The van der Waals surface area contributed by atoms with Crippen LogP contribution in [0.2, 0.25) is 5.02 Å². The van der Waals surface area contributed by atoms with Gasteiger partial charge in [0.25, 0.3) is 0 Å². The smallest absolute Gasteiger partial charge is 0.145 e. The first-order valence-corrected chi connectivity index (χ1v) is 4.30. The summed E-state index contributed by atoms with van der Waals surface area (Å²) in [5.41, 5.74) is 5.35. The normalized spacial score (nSPS) is 12.9. The first-order valence-electron chi connectivity index (χ1n) is 3.92. The van der Waals surface area contributed by atoms with Gasteiger partial charge in [-0.1, -0.05) is 23.7 Å². The summed E-state index contributed by atoms with van der Waals surface area (Å²) in [5.74, 6) is -0.555. The first kappa shape index (κ1) is 10.4. The average molecular weight is 206 g/mol. The lowest BCUT2D eigenvalue weighted by Gasteiger charge is -2.06. The van der Waals surface area contributed by atoms with E-state index in [0.29, 0.717) is 0 Å². The number of halogens is 3. The lowest BCUT2D eigenvalue weighted by atomic mass is 10.1. The molecule has 0 aliphatic heterocycles. The number of hydrogen-bond acceptors (Lipinski definition) is 1. The van der Waals surface area contributed by atoms with Crippen molar-refractivity contribution in [1.82, 2.24) is 0 Å². The minimum absolute atomic E-state index is 0.0155. The van der Waals surface area contributed by atoms with Crippen molar-refractivity contribution in [2.45, 2.75) is 12.6 Å². The van der Waals surface area contributed by atoms with Crippen LogP contribution in [0.4, 0.5) is 8.78 Å². The summed E-state index contributed by atoms with van der Waals surface area (Å²) in [4.78, 5) is 0. The predicted molar refractivity (Wildman–Crippen MR) is 49.1 cm³/mol. The third-order valence-corrected chi connectivity index (χ3v) is 2.02. The molecule has 0 aromatic heterocycles. The molecule has 0 radical (unpaired) electrons. The summed E-state index contributed by atoms with van der Waals surface area (Å²) in [6.45, 7) is -0.105. The zero-order valence-corrected chi connectivity index (χ0v) is 7.69. The number of nitrogens with two attached hydrogens (primary N) is 1.